The summed E-state index contributed by atoms with van der Waals surface area (Å²) in [5, 5.41) is 3.02. The van der Waals surface area contributed by atoms with Gasteiger partial charge in [-0.05, 0) is 25.5 Å². The van der Waals surface area contributed by atoms with E-state index in [2.05, 4.69) is 12.2 Å². The number of carbonyl (C=O) groups excluding carboxylic acids is 2. The zero-order chi connectivity index (χ0) is 21.6. The minimum atomic E-state index is -0.623. The van der Waals surface area contributed by atoms with Gasteiger partial charge < -0.3 is 24.4 Å². The molecule has 1 heterocycles. The molecule has 1 aromatic carbocycles. The van der Waals surface area contributed by atoms with Crippen molar-refractivity contribution in [2.45, 2.75) is 57.8 Å². The summed E-state index contributed by atoms with van der Waals surface area (Å²) in [6, 6.07) is 4.78. The molecule has 0 radical (unpaired) electrons. The van der Waals surface area contributed by atoms with E-state index in [0.717, 1.165) is 18.4 Å². The number of benzene rings is 1. The lowest BCUT2D eigenvalue weighted by molar-refractivity contribution is -0.132. The quantitative estimate of drug-likeness (QED) is 0.649. The third-order valence-electron chi connectivity index (χ3n) is 5.48. The van der Waals surface area contributed by atoms with Gasteiger partial charge in [0.15, 0.2) is 0 Å². The summed E-state index contributed by atoms with van der Waals surface area (Å²) in [4.78, 5) is 26.4. The van der Waals surface area contributed by atoms with Crippen molar-refractivity contribution in [3.8, 4) is 11.5 Å². The number of amides is 2. The molecule has 0 aliphatic carbocycles. The molecule has 0 unspecified atom stereocenters. The number of hydrogen-bond donors (Lipinski definition) is 1. The summed E-state index contributed by atoms with van der Waals surface area (Å²) in [5.74, 6) is 1.04. The van der Waals surface area contributed by atoms with E-state index >= 15 is 0 Å². The Morgan fingerprint density at radius 1 is 1.28 bits per heavy atom. The lowest BCUT2D eigenvalue weighted by atomic mass is 9.85. The SMILES string of the molecule is CCC[C@](C)(OC)[C@H](NC(C)=O)[C@H]1C=CC(=O)N1Cc1ccc(OC)cc1OC. The summed E-state index contributed by atoms with van der Waals surface area (Å²) in [7, 11) is 4.82. The molecular weight excluding hydrogens is 372 g/mol. The Balaban J connectivity index is 2.38. The van der Waals surface area contributed by atoms with Gasteiger partial charge in [-0.3, -0.25) is 9.59 Å². The highest BCUT2D eigenvalue weighted by molar-refractivity contribution is 5.91. The lowest BCUT2D eigenvalue weighted by Gasteiger charge is -2.42. The van der Waals surface area contributed by atoms with Crippen LogP contribution in [0.2, 0.25) is 0 Å². The minimum Gasteiger partial charge on any atom is -0.497 e. The van der Waals surface area contributed by atoms with Crippen LogP contribution in [0.5, 0.6) is 11.5 Å². The van der Waals surface area contributed by atoms with Crippen molar-refractivity contribution in [3.05, 3.63) is 35.9 Å². The average molecular weight is 405 g/mol. The second kappa shape index (κ2) is 9.78. The minimum absolute atomic E-state index is 0.113. The largest absolute Gasteiger partial charge is 0.497 e. The fourth-order valence-corrected chi connectivity index (χ4v) is 3.87. The van der Waals surface area contributed by atoms with Gasteiger partial charge in [-0.2, -0.15) is 0 Å². The van der Waals surface area contributed by atoms with Crippen molar-refractivity contribution in [2.75, 3.05) is 21.3 Å². The van der Waals surface area contributed by atoms with Crippen LogP contribution in [-0.4, -0.2) is 55.7 Å². The summed E-state index contributed by atoms with van der Waals surface area (Å²) < 4.78 is 16.6. The second-order valence-electron chi connectivity index (χ2n) is 7.44. The number of rotatable bonds is 10. The monoisotopic (exact) mass is 404 g/mol. The standard InChI is InChI=1S/C22H32N2O5/c1-7-12-22(3,29-6)21(23-15(2)25)18-10-11-20(26)24(18)14-16-8-9-17(27-4)13-19(16)28-5/h8-11,13,18,21H,7,12,14H2,1-6H3,(H,23,25)/t18-,21-,22+/m1/s1. The first-order valence-corrected chi connectivity index (χ1v) is 9.81. The first-order valence-electron chi connectivity index (χ1n) is 9.81. The number of methoxy groups -OCH3 is 3. The molecular formula is C22H32N2O5. The van der Waals surface area contributed by atoms with Crippen molar-refractivity contribution in [1.82, 2.24) is 10.2 Å². The molecule has 2 rings (SSSR count). The number of carbonyl (C=O) groups is 2. The van der Waals surface area contributed by atoms with Gasteiger partial charge in [0, 0.05) is 31.7 Å². The third-order valence-corrected chi connectivity index (χ3v) is 5.48. The number of ether oxygens (including phenoxy) is 3. The van der Waals surface area contributed by atoms with Crippen LogP contribution in [0.1, 0.15) is 39.2 Å². The molecule has 160 valence electrons. The normalized spacial score (nSPS) is 19.0. The van der Waals surface area contributed by atoms with Crippen molar-refractivity contribution >= 4 is 11.8 Å². The Morgan fingerprint density at radius 2 is 2.00 bits per heavy atom. The van der Waals surface area contributed by atoms with E-state index in [1.54, 1.807) is 38.4 Å². The van der Waals surface area contributed by atoms with Crippen molar-refractivity contribution in [1.29, 1.82) is 0 Å². The van der Waals surface area contributed by atoms with Crippen LogP contribution >= 0.6 is 0 Å². The van der Waals surface area contributed by atoms with Gasteiger partial charge in [-0.25, -0.2) is 0 Å². The Bertz CT molecular complexity index is 764. The van der Waals surface area contributed by atoms with Crippen LogP contribution in [0.4, 0.5) is 0 Å². The van der Waals surface area contributed by atoms with E-state index in [0.29, 0.717) is 18.0 Å². The van der Waals surface area contributed by atoms with Crippen LogP contribution in [0.25, 0.3) is 0 Å². The van der Waals surface area contributed by atoms with Gasteiger partial charge in [-0.15, -0.1) is 0 Å². The van der Waals surface area contributed by atoms with Gasteiger partial charge in [0.25, 0.3) is 0 Å². The Hall–Kier alpha value is -2.54. The molecule has 7 heteroatoms. The summed E-state index contributed by atoms with van der Waals surface area (Å²) in [6.45, 7) is 5.86. The van der Waals surface area contributed by atoms with Gasteiger partial charge >= 0.3 is 0 Å². The second-order valence-corrected chi connectivity index (χ2v) is 7.44. The van der Waals surface area contributed by atoms with Crippen LogP contribution in [-0.2, 0) is 20.9 Å². The maximum atomic E-state index is 12.7. The Labute approximate surface area is 173 Å². The molecule has 1 N–H and O–H groups in total. The highest BCUT2D eigenvalue weighted by Crippen LogP contribution is 2.32. The van der Waals surface area contributed by atoms with Crippen molar-refractivity contribution < 1.29 is 23.8 Å². The zero-order valence-electron chi connectivity index (χ0n) is 18.2. The van der Waals surface area contributed by atoms with Gasteiger partial charge in [0.1, 0.15) is 11.5 Å². The fourth-order valence-electron chi connectivity index (χ4n) is 3.87. The molecule has 1 aliphatic rings. The summed E-state index contributed by atoms with van der Waals surface area (Å²) in [6.07, 6.45) is 5.02. The van der Waals surface area contributed by atoms with Crippen LogP contribution in [0, 0.1) is 0 Å². The zero-order valence-corrected chi connectivity index (χ0v) is 18.2. The van der Waals surface area contributed by atoms with E-state index in [4.69, 9.17) is 14.2 Å². The molecule has 0 fully saturated rings. The van der Waals surface area contributed by atoms with E-state index in [1.807, 2.05) is 25.1 Å². The molecule has 1 aromatic rings. The van der Waals surface area contributed by atoms with E-state index in [9.17, 15) is 9.59 Å². The van der Waals surface area contributed by atoms with Gasteiger partial charge in [-0.1, -0.05) is 19.4 Å². The van der Waals surface area contributed by atoms with Crippen molar-refractivity contribution in [2.24, 2.45) is 0 Å². The predicted octanol–water partition coefficient (Wildman–Crippen LogP) is 2.68. The smallest absolute Gasteiger partial charge is 0.247 e. The molecule has 0 aromatic heterocycles. The molecule has 3 atom stereocenters. The van der Waals surface area contributed by atoms with Crippen LogP contribution < -0.4 is 14.8 Å². The fraction of sp³-hybridized carbons (Fsp3) is 0.545. The number of hydrogen-bond acceptors (Lipinski definition) is 5. The molecule has 0 saturated carbocycles. The first-order chi connectivity index (χ1) is 13.8. The first kappa shape index (κ1) is 22.7. The maximum absolute atomic E-state index is 12.7. The van der Waals surface area contributed by atoms with Crippen LogP contribution in [0.3, 0.4) is 0 Å². The van der Waals surface area contributed by atoms with E-state index in [1.165, 1.54) is 6.92 Å². The molecule has 29 heavy (non-hydrogen) atoms. The molecule has 1 aliphatic heterocycles. The van der Waals surface area contributed by atoms with E-state index in [-0.39, 0.29) is 17.9 Å². The van der Waals surface area contributed by atoms with Gasteiger partial charge in [0.05, 0.1) is 38.4 Å². The third kappa shape index (κ3) is 5.09. The van der Waals surface area contributed by atoms with Crippen LogP contribution in [0.15, 0.2) is 30.4 Å². The van der Waals surface area contributed by atoms with Crippen molar-refractivity contribution in [3.63, 3.8) is 0 Å². The highest BCUT2D eigenvalue weighted by atomic mass is 16.5. The molecule has 2 amide bonds. The number of nitrogens with zero attached hydrogens (tertiary/aromatic N) is 1. The maximum Gasteiger partial charge on any atom is 0.247 e. The number of nitrogens with one attached hydrogen (secondary N) is 1. The summed E-state index contributed by atoms with van der Waals surface area (Å²) >= 11 is 0. The molecule has 0 bridgehead atoms. The summed E-state index contributed by atoms with van der Waals surface area (Å²) in [5.41, 5.74) is 0.231. The van der Waals surface area contributed by atoms with Gasteiger partial charge in [0.2, 0.25) is 11.8 Å². The topological polar surface area (TPSA) is 77.1 Å². The Morgan fingerprint density at radius 3 is 2.55 bits per heavy atom. The predicted molar refractivity (Wildman–Crippen MR) is 111 cm³/mol. The molecule has 0 spiro atoms. The average Bonchev–Trinajstić information content (AvgIpc) is 3.06. The molecule has 7 nitrogen and oxygen atoms in total. The highest BCUT2D eigenvalue weighted by Gasteiger charge is 2.44. The lowest BCUT2D eigenvalue weighted by Crippen LogP contribution is -2.61. The van der Waals surface area contributed by atoms with E-state index < -0.39 is 11.6 Å². The molecule has 0 saturated heterocycles. The Kier molecular flexibility index (Phi) is 7.67.